The summed E-state index contributed by atoms with van der Waals surface area (Å²) in [5.41, 5.74) is 0.787. The molecule has 0 radical (unpaired) electrons. The van der Waals surface area contributed by atoms with Crippen molar-refractivity contribution >= 4 is 35.7 Å². The molecule has 0 aliphatic heterocycles. The molecule has 6 nitrogen and oxygen atoms in total. The van der Waals surface area contributed by atoms with Crippen LogP contribution in [0.2, 0.25) is 5.28 Å². The maximum Gasteiger partial charge on any atom is 0.326 e. The van der Waals surface area contributed by atoms with Gasteiger partial charge in [-0.2, -0.15) is 11.8 Å². The molecule has 1 rings (SSSR count). The van der Waals surface area contributed by atoms with Crippen molar-refractivity contribution in [2.24, 2.45) is 0 Å². The summed E-state index contributed by atoms with van der Waals surface area (Å²) >= 11 is 7.15. The Bertz CT molecular complexity index is 419. The zero-order chi connectivity index (χ0) is 13.4. The minimum Gasteiger partial charge on any atom is -0.480 e. The van der Waals surface area contributed by atoms with E-state index in [0.29, 0.717) is 24.3 Å². The van der Waals surface area contributed by atoms with Crippen LogP contribution in [0.5, 0.6) is 0 Å². The molecule has 0 saturated heterocycles. The Balaban J connectivity index is 2.29. The normalized spacial score (nSPS) is 11.8. The largest absolute Gasteiger partial charge is 0.480 e. The monoisotopic (exact) mass is 289 g/mol. The molecule has 0 aromatic carbocycles. The van der Waals surface area contributed by atoms with Gasteiger partial charge in [-0.05, 0) is 29.8 Å². The SMILES string of the molecule is O=CNC(CCSCc1ccnc(Cl)n1)C(=O)O. The number of carbonyl (C=O) groups excluding carboxylic acids is 1. The van der Waals surface area contributed by atoms with Crippen LogP contribution >= 0.6 is 23.4 Å². The average Bonchev–Trinajstić information content (AvgIpc) is 2.33. The number of aliphatic carboxylic acids is 1. The summed E-state index contributed by atoms with van der Waals surface area (Å²) in [6.07, 6.45) is 2.32. The van der Waals surface area contributed by atoms with Crippen LogP contribution < -0.4 is 5.32 Å². The van der Waals surface area contributed by atoms with Crippen LogP contribution in [0.4, 0.5) is 0 Å². The summed E-state index contributed by atoms with van der Waals surface area (Å²) in [5.74, 6) is 0.183. The van der Waals surface area contributed by atoms with E-state index in [4.69, 9.17) is 16.7 Å². The van der Waals surface area contributed by atoms with E-state index in [0.717, 1.165) is 5.69 Å². The number of hydrogen-bond donors (Lipinski definition) is 2. The van der Waals surface area contributed by atoms with Gasteiger partial charge in [-0.25, -0.2) is 14.8 Å². The molecule has 0 fully saturated rings. The predicted octanol–water partition coefficient (Wildman–Crippen LogP) is 0.952. The predicted molar refractivity (Wildman–Crippen MR) is 68.4 cm³/mol. The fraction of sp³-hybridized carbons (Fsp3) is 0.400. The van der Waals surface area contributed by atoms with E-state index >= 15 is 0 Å². The van der Waals surface area contributed by atoms with E-state index in [1.54, 1.807) is 12.3 Å². The van der Waals surface area contributed by atoms with Gasteiger partial charge in [0.25, 0.3) is 0 Å². The quantitative estimate of drug-likeness (QED) is 0.421. The minimum absolute atomic E-state index is 0.194. The maximum atomic E-state index is 10.7. The number of nitrogens with zero attached hydrogens (tertiary/aromatic N) is 2. The van der Waals surface area contributed by atoms with Crippen molar-refractivity contribution in [3.63, 3.8) is 0 Å². The van der Waals surface area contributed by atoms with Gasteiger partial charge in [0.15, 0.2) is 0 Å². The van der Waals surface area contributed by atoms with Crippen LogP contribution in [0.15, 0.2) is 12.3 Å². The molecule has 0 aliphatic rings. The van der Waals surface area contributed by atoms with Crippen molar-refractivity contribution in [2.75, 3.05) is 5.75 Å². The third-order valence-electron chi connectivity index (χ3n) is 2.05. The summed E-state index contributed by atoms with van der Waals surface area (Å²) in [6.45, 7) is 0. The molecule has 98 valence electrons. The number of rotatable bonds is 8. The summed E-state index contributed by atoms with van der Waals surface area (Å²) in [4.78, 5) is 28.7. The van der Waals surface area contributed by atoms with Gasteiger partial charge in [0.1, 0.15) is 6.04 Å². The molecule has 0 bridgehead atoms. The van der Waals surface area contributed by atoms with Crippen LogP contribution in [-0.2, 0) is 15.3 Å². The van der Waals surface area contributed by atoms with Crippen LogP contribution in [-0.4, -0.2) is 39.2 Å². The van der Waals surface area contributed by atoms with Crippen molar-refractivity contribution in [3.8, 4) is 0 Å². The highest BCUT2D eigenvalue weighted by molar-refractivity contribution is 7.98. The van der Waals surface area contributed by atoms with Crippen molar-refractivity contribution in [3.05, 3.63) is 23.2 Å². The van der Waals surface area contributed by atoms with Crippen LogP contribution in [0.1, 0.15) is 12.1 Å². The fourth-order valence-electron chi connectivity index (χ4n) is 1.19. The standard InChI is InChI=1S/C10H12ClN3O3S/c11-10-12-3-1-7(14-10)5-18-4-2-8(9(16)17)13-6-15/h1,3,6,8H,2,4-5H2,(H,13,15)(H,16,17). The van der Waals surface area contributed by atoms with E-state index in [9.17, 15) is 9.59 Å². The van der Waals surface area contributed by atoms with Gasteiger partial charge in [-0.3, -0.25) is 4.79 Å². The molecule has 1 heterocycles. The van der Waals surface area contributed by atoms with Gasteiger partial charge in [0.05, 0.1) is 5.69 Å². The Hall–Kier alpha value is -1.34. The Morgan fingerprint density at radius 1 is 1.67 bits per heavy atom. The second-order valence-electron chi connectivity index (χ2n) is 3.33. The highest BCUT2D eigenvalue weighted by Gasteiger charge is 2.15. The second kappa shape index (κ2) is 7.88. The first-order valence-electron chi connectivity index (χ1n) is 5.11. The molecule has 0 spiro atoms. The van der Waals surface area contributed by atoms with Gasteiger partial charge in [-0.15, -0.1) is 0 Å². The Morgan fingerprint density at radius 2 is 2.44 bits per heavy atom. The lowest BCUT2D eigenvalue weighted by Gasteiger charge is -2.10. The molecular weight excluding hydrogens is 278 g/mol. The number of amides is 1. The first-order chi connectivity index (χ1) is 8.63. The number of carboxylic acids is 1. The van der Waals surface area contributed by atoms with E-state index in [1.165, 1.54) is 11.8 Å². The summed E-state index contributed by atoms with van der Waals surface area (Å²) < 4.78 is 0. The Kier molecular flexibility index (Phi) is 6.45. The molecule has 1 aromatic rings. The van der Waals surface area contributed by atoms with E-state index in [-0.39, 0.29) is 5.28 Å². The van der Waals surface area contributed by atoms with Gasteiger partial charge < -0.3 is 10.4 Å². The zero-order valence-corrected chi connectivity index (χ0v) is 10.9. The van der Waals surface area contributed by atoms with Crippen molar-refractivity contribution in [1.82, 2.24) is 15.3 Å². The van der Waals surface area contributed by atoms with Gasteiger partial charge in [0, 0.05) is 11.9 Å². The van der Waals surface area contributed by atoms with Gasteiger partial charge in [-0.1, -0.05) is 0 Å². The summed E-state index contributed by atoms with van der Waals surface area (Å²) in [5, 5.41) is 11.2. The third-order valence-corrected chi connectivity index (χ3v) is 3.26. The first kappa shape index (κ1) is 14.7. The van der Waals surface area contributed by atoms with E-state index in [1.807, 2.05) is 0 Å². The number of carbonyl (C=O) groups is 2. The molecular formula is C10H12ClN3O3S. The molecule has 1 atom stereocenters. The molecule has 1 aromatic heterocycles. The van der Waals surface area contributed by atoms with E-state index in [2.05, 4.69) is 15.3 Å². The highest BCUT2D eigenvalue weighted by atomic mass is 35.5. The summed E-state index contributed by atoms with van der Waals surface area (Å²) in [6, 6.07) is 0.904. The number of aromatic nitrogens is 2. The Morgan fingerprint density at radius 3 is 3.06 bits per heavy atom. The lowest BCUT2D eigenvalue weighted by molar-refractivity contribution is -0.140. The molecule has 8 heteroatoms. The van der Waals surface area contributed by atoms with Crippen molar-refractivity contribution < 1.29 is 14.7 Å². The lowest BCUT2D eigenvalue weighted by Crippen LogP contribution is -2.36. The van der Waals surface area contributed by atoms with Crippen LogP contribution in [0, 0.1) is 0 Å². The minimum atomic E-state index is -1.03. The molecule has 1 amide bonds. The second-order valence-corrected chi connectivity index (χ2v) is 4.78. The van der Waals surface area contributed by atoms with E-state index < -0.39 is 12.0 Å². The topological polar surface area (TPSA) is 92.2 Å². The smallest absolute Gasteiger partial charge is 0.326 e. The number of thioether (sulfide) groups is 1. The lowest BCUT2D eigenvalue weighted by atomic mass is 10.2. The molecule has 0 saturated carbocycles. The summed E-state index contributed by atoms with van der Waals surface area (Å²) in [7, 11) is 0. The molecule has 1 unspecified atom stereocenters. The number of hydrogen-bond acceptors (Lipinski definition) is 5. The number of carboxylic acid groups (broad SMARTS) is 1. The van der Waals surface area contributed by atoms with Gasteiger partial charge >= 0.3 is 5.97 Å². The fourth-order valence-corrected chi connectivity index (χ4v) is 2.27. The van der Waals surface area contributed by atoms with Crippen LogP contribution in [0.3, 0.4) is 0 Å². The maximum absolute atomic E-state index is 10.7. The molecule has 2 N–H and O–H groups in total. The molecule has 18 heavy (non-hydrogen) atoms. The first-order valence-corrected chi connectivity index (χ1v) is 6.64. The molecule has 0 aliphatic carbocycles. The average molecular weight is 290 g/mol. The van der Waals surface area contributed by atoms with Gasteiger partial charge in [0.2, 0.25) is 11.7 Å². The highest BCUT2D eigenvalue weighted by Crippen LogP contribution is 2.13. The van der Waals surface area contributed by atoms with Crippen LogP contribution in [0.25, 0.3) is 0 Å². The zero-order valence-electron chi connectivity index (χ0n) is 9.38. The van der Waals surface area contributed by atoms with Crippen molar-refractivity contribution in [1.29, 1.82) is 0 Å². The third kappa shape index (κ3) is 5.33. The van der Waals surface area contributed by atoms with Crippen molar-refractivity contribution in [2.45, 2.75) is 18.2 Å². The number of nitrogens with one attached hydrogen (secondary N) is 1. The number of halogens is 1. The Labute approximate surface area is 113 Å².